The standard InChI is InChI=1S/C17H24N2O3/c1-16(2,3)22-15(21)19-11-10-18-12-17(19,4)14(20)13-8-6-5-7-9-13/h5-9,18H,10-12H2,1-4H3/t17-/m0/s1. The summed E-state index contributed by atoms with van der Waals surface area (Å²) in [5.74, 6) is -0.0776. The smallest absolute Gasteiger partial charge is 0.411 e. The summed E-state index contributed by atoms with van der Waals surface area (Å²) >= 11 is 0. The summed E-state index contributed by atoms with van der Waals surface area (Å²) in [7, 11) is 0. The van der Waals surface area contributed by atoms with Crippen LogP contribution >= 0.6 is 0 Å². The molecule has 1 heterocycles. The van der Waals surface area contributed by atoms with E-state index in [-0.39, 0.29) is 5.78 Å². The van der Waals surface area contributed by atoms with Gasteiger partial charge in [-0.3, -0.25) is 9.69 Å². The van der Waals surface area contributed by atoms with Crippen molar-refractivity contribution in [3.63, 3.8) is 0 Å². The summed E-state index contributed by atoms with van der Waals surface area (Å²) in [6.07, 6.45) is -0.444. The summed E-state index contributed by atoms with van der Waals surface area (Å²) in [5, 5.41) is 3.20. The Kier molecular flexibility index (Phi) is 4.56. The van der Waals surface area contributed by atoms with E-state index in [2.05, 4.69) is 5.32 Å². The molecule has 1 atom stereocenters. The van der Waals surface area contributed by atoms with Crippen molar-refractivity contribution >= 4 is 11.9 Å². The number of amides is 1. The van der Waals surface area contributed by atoms with Crippen LogP contribution in [0.4, 0.5) is 4.79 Å². The van der Waals surface area contributed by atoms with Gasteiger partial charge in [0.2, 0.25) is 0 Å². The molecule has 0 spiro atoms. The Balaban J connectivity index is 2.28. The van der Waals surface area contributed by atoms with E-state index in [9.17, 15) is 9.59 Å². The predicted octanol–water partition coefficient (Wildman–Crippen LogP) is 2.47. The highest BCUT2D eigenvalue weighted by Gasteiger charge is 2.45. The summed E-state index contributed by atoms with van der Waals surface area (Å²) in [6, 6.07) is 9.06. The highest BCUT2D eigenvalue weighted by molar-refractivity contribution is 6.04. The molecule has 0 saturated carbocycles. The first kappa shape index (κ1) is 16.5. The number of nitrogens with one attached hydrogen (secondary N) is 1. The van der Waals surface area contributed by atoms with Gasteiger partial charge >= 0.3 is 6.09 Å². The normalized spacial score (nSPS) is 22.3. The molecule has 5 nitrogen and oxygen atoms in total. The van der Waals surface area contributed by atoms with Crippen molar-refractivity contribution in [3.05, 3.63) is 35.9 Å². The van der Waals surface area contributed by atoms with Gasteiger partial charge < -0.3 is 10.1 Å². The third-order valence-electron chi connectivity index (χ3n) is 3.72. The summed E-state index contributed by atoms with van der Waals surface area (Å²) in [5.41, 5.74) is -0.928. The maximum atomic E-state index is 12.9. The third-order valence-corrected chi connectivity index (χ3v) is 3.72. The van der Waals surface area contributed by atoms with Crippen molar-refractivity contribution < 1.29 is 14.3 Å². The molecule has 0 unspecified atom stereocenters. The summed E-state index contributed by atoms with van der Waals surface area (Å²) < 4.78 is 5.47. The highest BCUT2D eigenvalue weighted by atomic mass is 16.6. The Hall–Kier alpha value is -1.88. The summed E-state index contributed by atoms with van der Waals surface area (Å²) in [4.78, 5) is 26.9. The molecule has 1 aliphatic heterocycles. The number of nitrogens with zero attached hydrogens (tertiary/aromatic N) is 1. The molecule has 0 bridgehead atoms. The number of hydrogen-bond acceptors (Lipinski definition) is 4. The first-order valence-corrected chi connectivity index (χ1v) is 7.55. The van der Waals surface area contributed by atoms with Crippen LogP contribution in [0.25, 0.3) is 0 Å². The van der Waals surface area contributed by atoms with Gasteiger partial charge in [0, 0.05) is 25.2 Å². The molecule has 5 heteroatoms. The van der Waals surface area contributed by atoms with Crippen molar-refractivity contribution in [2.24, 2.45) is 0 Å². The monoisotopic (exact) mass is 304 g/mol. The van der Waals surface area contributed by atoms with E-state index in [1.165, 1.54) is 0 Å². The van der Waals surface area contributed by atoms with Crippen LogP contribution in [0.1, 0.15) is 38.1 Å². The largest absolute Gasteiger partial charge is 0.444 e. The van der Waals surface area contributed by atoms with Gasteiger partial charge in [-0.25, -0.2) is 4.79 Å². The number of ketones is 1. The second-order valence-electron chi connectivity index (χ2n) is 6.78. The number of carbonyl (C=O) groups is 2. The quantitative estimate of drug-likeness (QED) is 0.853. The van der Waals surface area contributed by atoms with Gasteiger partial charge in [-0.05, 0) is 27.7 Å². The lowest BCUT2D eigenvalue weighted by molar-refractivity contribution is -0.00372. The van der Waals surface area contributed by atoms with Gasteiger partial charge in [-0.2, -0.15) is 0 Å². The maximum absolute atomic E-state index is 12.9. The summed E-state index contributed by atoms with van der Waals surface area (Å²) in [6.45, 7) is 8.77. The molecule has 1 fully saturated rings. The number of hydrogen-bond donors (Lipinski definition) is 1. The lowest BCUT2D eigenvalue weighted by Crippen LogP contribution is -2.65. The fourth-order valence-corrected chi connectivity index (χ4v) is 2.58. The van der Waals surface area contributed by atoms with Gasteiger partial charge in [-0.1, -0.05) is 30.3 Å². The molecule has 2 rings (SSSR count). The minimum Gasteiger partial charge on any atom is -0.444 e. The third kappa shape index (κ3) is 3.47. The highest BCUT2D eigenvalue weighted by Crippen LogP contribution is 2.25. The van der Waals surface area contributed by atoms with Gasteiger partial charge in [0.15, 0.2) is 5.78 Å². The van der Waals surface area contributed by atoms with E-state index in [0.717, 1.165) is 0 Å². The van der Waals surface area contributed by atoms with Crippen LogP contribution in [0.2, 0.25) is 0 Å². The number of ether oxygens (including phenoxy) is 1. The van der Waals surface area contributed by atoms with Crippen molar-refractivity contribution in [1.29, 1.82) is 0 Å². The van der Waals surface area contributed by atoms with Crippen LogP contribution in [-0.4, -0.2) is 47.6 Å². The Morgan fingerprint density at radius 3 is 2.45 bits per heavy atom. The number of piperazine rings is 1. The van der Waals surface area contributed by atoms with Gasteiger partial charge in [0.1, 0.15) is 11.1 Å². The second kappa shape index (κ2) is 6.08. The first-order valence-electron chi connectivity index (χ1n) is 7.55. The zero-order valence-electron chi connectivity index (χ0n) is 13.7. The molecule has 1 aliphatic rings. The average Bonchev–Trinajstić information content (AvgIpc) is 2.46. The number of rotatable bonds is 2. The van der Waals surface area contributed by atoms with Gasteiger partial charge in [0.05, 0.1) is 0 Å². The van der Waals surface area contributed by atoms with E-state index in [1.54, 1.807) is 24.0 Å². The maximum Gasteiger partial charge on any atom is 0.411 e. The Morgan fingerprint density at radius 2 is 1.86 bits per heavy atom. The lowest BCUT2D eigenvalue weighted by atomic mass is 9.88. The van der Waals surface area contributed by atoms with E-state index in [0.29, 0.717) is 25.2 Å². The van der Waals surface area contributed by atoms with Crippen LogP contribution < -0.4 is 5.32 Å². The van der Waals surface area contributed by atoms with Crippen LogP contribution in [-0.2, 0) is 4.74 Å². The van der Waals surface area contributed by atoms with E-state index < -0.39 is 17.2 Å². The lowest BCUT2D eigenvalue weighted by Gasteiger charge is -2.44. The number of carbonyl (C=O) groups excluding carboxylic acids is 2. The second-order valence-corrected chi connectivity index (χ2v) is 6.78. The van der Waals surface area contributed by atoms with E-state index >= 15 is 0 Å². The van der Waals surface area contributed by atoms with Crippen LogP contribution in [0.5, 0.6) is 0 Å². The zero-order valence-corrected chi connectivity index (χ0v) is 13.7. The minimum absolute atomic E-state index is 0.0776. The van der Waals surface area contributed by atoms with Gasteiger partial charge in [-0.15, -0.1) is 0 Å². The molecular formula is C17H24N2O3. The fourth-order valence-electron chi connectivity index (χ4n) is 2.58. The van der Waals surface area contributed by atoms with Crippen LogP contribution in [0, 0.1) is 0 Å². The fraction of sp³-hybridized carbons (Fsp3) is 0.529. The molecule has 120 valence electrons. The van der Waals surface area contributed by atoms with Crippen LogP contribution in [0.3, 0.4) is 0 Å². The predicted molar refractivity (Wildman–Crippen MR) is 85.0 cm³/mol. The van der Waals surface area contributed by atoms with E-state index in [4.69, 9.17) is 4.74 Å². The molecule has 1 aromatic carbocycles. The Morgan fingerprint density at radius 1 is 1.23 bits per heavy atom. The molecule has 1 N–H and O–H groups in total. The molecular weight excluding hydrogens is 280 g/mol. The van der Waals surface area contributed by atoms with Crippen molar-refractivity contribution in [2.75, 3.05) is 19.6 Å². The average molecular weight is 304 g/mol. The molecule has 0 aliphatic carbocycles. The molecule has 0 radical (unpaired) electrons. The van der Waals surface area contributed by atoms with Crippen molar-refractivity contribution in [2.45, 2.75) is 38.8 Å². The number of benzene rings is 1. The Labute approximate surface area is 131 Å². The first-order chi connectivity index (χ1) is 10.2. The zero-order chi connectivity index (χ0) is 16.4. The molecule has 1 saturated heterocycles. The molecule has 1 aromatic rings. The van der Waals surface area contributed by atoms with E-state index in [1.807, 2.05) is 39.0 Å². The Bertz CT molecular complexity index is 551. The molecule has 22 heavy (non-hydrogen) atoms. The topological polar surface area (TPSA) is 58.6 Å². The molecule has 0 aromatic heterocycles. The minimum atomic E-state index is -0.943. The van der Waals surface area contributed by atoms with Gasteiger partial charge in [0.25, 0.3) is 0 Å². The van der Waals surface area contributed by atoms with Crippen LogP contribution in [0.15, 0.2) is 30.3 Å². The van der Waals surface area contributed by atoms with Crippen molar-refractivity contribution in [3.8, 4) is 0 Å². The number of Topliss-reactive ketones (excluding diaryl/α,β-unsaturated/α-hetero) is 1. The van der Waals surface area contributed by atoms with Crippen molar-refractivity contribution in [1.82, 2.24) is 10.2 Å². The molecule has 1 amide bonds. The SMILES string of the molecule is CC(C)(C)OC(=O)N1CCNC[C@@]1(C)C(=O)c1ccccc1.